The molecule has 0 aliphatic heterocycles. The molecule has 7 aromatic rings. The highest BCUT2D eigenvalue weighted by atomic mass is 16.5. The molecule has 7 aromatic carbocycles. The standard InChI is InChI=1S/C45H35NO/c1-45(2)41-21-13-12-20-39(41)40-28-27-37(31-42(40)45)46(36-25-22-34(23-26-36)32-14-6-3-7-15-32)43-29-24-35(33-16-8-4-9-17-33)30-44(43)47-38-18-10-5-11-19-38/h3-31H,1-2H3. The Balaban J connectivity index is 1.31. The van der Waals surface area contributed by atoms with Crippen molar-refractivity contribution in [3.8, 4) is 44.9 Å². The summed E-state index contributed by atoms with van der Waals surface area (Å²) in [4.78, 5) is 2.33. The van der Waals surface area contributed by atoms with Crippen LogP contribution < -0.4 is 9.64 Å². The van der Waals surface area contributed by atoms with E-state index in [1.807, 2.05) is 36.4 Å². The maximum Gasteiger partial charge on any atom is 0.152 e. The quantitative estimate of drug-likeness (QED) is 0.179. The maximum absolute atomic E-state index is 6.73. The lowest BCUT2D eigenvalue weighted by atomic mass is 9.82. The number of hydrogen-bond donors (Lipinski definition) is 0. The average molecular weight is 606 g/mol. The van der Waals surface area contributed by atoms with E-state index in [9.17, 15) is 0 Å². The van der Waals surface area contributed by atoms with E-state index in [1.165, 1.54) is 33.4 Å². The smallest absolute Gasteiger partial charge is 0.152 e. The number of rotatable bonds is 7. The number of nitrogens with zero attached hydrogens (tertiary/aromatic N) is 1. The third-order valence-corrected chi connectivity index (χ3v) is 9.34. The van der Waals surface area contributed by atoms with Crippen LogP contribution in [0, 0.1) is 0 Å². The van der Waals surface area contributed by atoms with Crippen molar-refractivity contribution in [2.24, 2.45) is 0 Å². The van der Waals surface area contributed by atoms with Crippen LogP contribution in [-0.2, 0) is 5.41 Å². The average Bonchev–Trinajstić information content (AvgIpc) is 3.36. The monoisotopic (exact) mass is 605 g/mol. The van der Waals surface area contributed by atoms with Crippen molar-refractivity contribution in [2.45, 2.75) is 19.3 Å². The molecule has 2 nitrogen and oxygen atoms in total. The molecule has 1 aliphatic rings. The Labute approximate surface area is 277 Å². The minimum atomic E-state index is -0.120. The first-order chi connectivity index (χ1) is 23.1. The number of fused-ring (bicyclic) bond motifs is 3. The fraction of sp³-hybridized carbons (Fsp3) is 0.0667. The lowest BCUT2D eigenvalue weighted by Crippen LogP contribution is -2.16. The molecule has 226 valence electrons. The highest BCUT2D eigenvalue weighted by Gasteiger charge is 2.36. The zero-order valence-corrected chi connectivity index (χ0v) is 26.6. The summed E-state index contributed by atoms with van der Waals surface area (Å²) in [7, 11) is 0. The van der Waals surface area contributed by atoms with Gasteiger partial charge in [0.2, 0.25) is 0 Å². The molecule has 0 saturated heterocycles. The number of benzene rings is 7. The van der Waals surface area contributed by atoms with Crippen molar-refractivity contribution in [1.82, 2.24) is 0 Å². The summed E-state index contributed by atoms with van der Waals surface area (Å²) in [6.45, 7) is 4.66. The van der Waals surface area contributed by atoms with Gasteiger partial charge in [0.1, 0.15) is 5.75 Å². The predicted molar refractivity (Wildman–Crippen MR) is 196 cm³/mol. The molecular formula is C45H35NO. The van der Waals surface area contributed by atoms with Crippen molar-refractivity contribution < 1.29 is 4.74 Å². The molecule has 47 heavy (non-hydrogen) atoms. The second-order valence-corrected chi connectivity index (χ2v) is 12.6. The van der Waals surface area contributed by atoms with E-state index in [-0.39, 0.29) is 5.41 Å². The Hall–Kier alpha value is -5.86. The highest BCUT2D eigenvalue weighted by Crippen LogP contribution is 2.51. The van der Waals surface area contributed by atoms with Gasteiger partial charge < -0.3 is 9.64 Å². The first kappa shape index (κ1) is 28.6. The van der Waals surface area contributed by atoms with Crippen LogP contribution in [-0.4, -0.2) is 0 Å². The zero-order chi connectivity index (χ0) is 31.8. The van der Waals surface area contributed by atoms with Crippen molar-refractivity contribution >= 4 is 17.1 Å². The molecule has 0 atom stereocenters. The van der Waals surface area contributed by atoms with E-state index < -0.39 is 0 Å². The zero-order valence-electron chi connectivity index (χ0n) is 26.6. The first-order valence-corrected chi connectivity index (χ1v) is 16.2. The summed E-state index contributed by atoms with van der Waals surface area (Å²) in [6.07, 6.45) is 0. The van der Waals surface area contributed by atoms with Crippen LogP contribution >= 0.6 is 0 Å². The van der Waals surface area contributed by atoms with Crippen LogP contribution in [0.4, 0.5) is 17.1 Å². The molecule has 0 heterocycles. The van der Waals surface area contributed by atoms with Crippen molar-refractivity contribution in [1.29, 1.82) is 0 Å². The Morgan fingerprint density at radius 2 is 0.957 bits per heavy atom. The fourth-order valence-corrected chi connectivity index (χ4v) is 6.90. The van der Waals surface area contributed by atoms with Crippen LogP contribution in [0.5, 0.6) is 11.5 Å². The molecule has 0 N–H and O–H groups in total. The van der Waals surface area contributed by atoms with Gasteiger partial charge in [0, 0.05) is 16.8 Å². The van der Waals surface area contributed by atoms with Crippen LogP contribution in [0.1, 0.15) is 25.0 Å². The van der Waals surface area contributed by atoms with Crippen LogP contribution in [0.25, 0.3) is 33.4 Å². The SMILES string of the molecule is CC1(C)c2ccccc2-c2ccc(N(c3ccc(-c4ccccc4)cc3)c3ccc(-c4ccccc4)cc3Oc3ccccc3)cc21. The van der Waals surface area contributed by atoms with Crippen LogP contribution in [0.2, 0.25) is 0 Å². The summed E-state index contributed by atoms with van der Waals surface area (Å²) in [5, 5.41) is 0. The Morgan fingerprint density at radius 3 is 1.66 bits per heavy atom. The highest BCUT2D eigenvalue weighted by molar-refractivity contribution is 5.88. The van der Waals surface area contributed by atoms with E-state index in [1.54, 1.807) is 0 Å². The minimum absolute atomic E-state index is 0.120. The molecule has 0 amide bonds. The lowest BCUT2D eigenvalue weighted by Gasteiger charge is -2.30. The lowest BCUT2D eigenvalue weighted by molar-refractivity contribution is 0.484. The molecule has 1 aliphatic carbocycles. The van der Waals surface area contributed by atoms with Gasteiger partial charge in [0.25, 0.3) is 0 Å². The van der Waals surface area contributed by atoms with Gasteiger partial charge in [-0.05, 0) is 93.0 Å². The van der Waals surface area contributed by atoms with Crippen LogP contribution in [0.15, 0.2) is 176 Å². The first-order valence-electron chi connectivity index (χ1n) is 16.2. The van der Waals surface area contributed by atoms with Gasteiger partial charge in [-0.3, -0.25) is 0 Å². The van der Waals surface area contributed by atoms with Crippen molar-refractivity contribution in [2.75, 3.05) is 4.90 Å². The predicted octanol–water partition coefficient (Wildman–Crippen LogP) is 12.6. The Morgan fingerprint density at radius 1 is 0.426 bits per heavy atom. The molecule has 0 fully saturated rings. The number of para-hydroxylation sites is 1. The maximum atomic E-state index is 6.73. The topological polar surface area (TPSA) is 12.5 Å². The van der Waals surface area contributed by atoms with Gasteiger partial charge in [0.05, 0.1) is 5.69 Å². The van der Waals surface area contributed by atoms with Gasteiger partial charge >= 0.3 is 0 Å². The molecule has 0 unspecified atom stereocenters. The van der Waals surface area contributed by atoms with E-state index in [0.717, 1.165) is 39.7 Å². The number of hydrogen-bond acceptors (Lipinski definition) is 2. The van der Waals surface area contributed by atoms with Gasteiger partial charge in [-0.15, -0.1) is 0 Å². The van der Waals surface area contributed by atoms with Gasteiger partial charge in [-0.1, -0.05) is 141 Å². The molecule has 0 saturated carbocycles. The summed E-state index contributed by atoms with van der Waals surface area (Å²) in [5.74, 6) is 1.58. The summed E-state index contributed by atoms with van der Waals surface area (Å²) >= 11 is 0. The van der Waals surface area contributed by atoms with E-state index in [0.29, 0.717) is 0 Å². The van der Waals surface area contributed by atoms with Crippen LogP contribution in [0.3, 0.4) is 0 Å². The van der Waals surface area contributed by atoms with E-state index in [2.05, 4.69) is 158 Å². The van der Waals surface area contributed by atoms with E-state index in [4.69, 9.17) is 4.74 Å². The summed E-state index contributed by atoms with van der Waals surface area (Å²) in [5.41, 5.74) is 12.9. The van der Waals surface area contributed by atoms with E-state index >= 15 is 0 Å². The summed E-state index contributed by atoms with van der Waals surface area (Å²) in [6, 6.07) is 62.2. The molecule has 2 heteroatoms. The Bertz CT molecular complexity index is 2170. The molecule has 0 aromatic heterocycles. The molecule has 8 rings (SSSR count). The molecule has 0 bridgehead atoms. The van der Waals surface area contributed by atoms with Gasteiger partial charge in [-0.2, -0.15) is 0 Å². The summed E-state index contributed by atoms with van der Waals surface area (Å²) < 4.78 is 6.73. The Kier molecular flexibility index (Phi) is 7.19. The minimum Gasteiger partial charge on any atom is -0.455 e. The van der Waals surface area contributed by atoms with Crippen molar-refractivity contribution in [3.63, 3.8) is 0 Å². The van der Waals surface area contributed by atoms with Crippen molar-refractivity contribution in [3.05, 3.63) is 187 Å². The molecule has 0 radical (unpaired) electrons. The second kappa shape index (κ2) is 11.8. The fourth-order valence-electron chi connectivity index (χ4n) is 6.90. The number of anilines is 3. The second-order valence-electron chi connectivity index (χ2n) is 12.6. The molecular weight excluding hydrogens is 571 g/mol. The largest absolute Gasteiger partial charge is 0.455 e. The number of ether oxygens (including phenoxy) is 1. The normalized spacial score (nSPS) is 12.6. The van der Waals surface area contributed by atoms with Gasteiger partial charge in [0.15, 0.2) is 5.75 Å². The van der Waals surface area contributed by atoms with Gasteiger partial charge in [-0.25, -0.2) is 0 Å². The third kappa shape index (κ3) is 5.28. The third-order valence-electron chi connectivity index (χ3n) is 9.34. The molecule has 0 spiro atoms.